The largest absolute Gasteiger partial charge is 0.354 e. The molecule has 7 nitrogen and oxygen atoms in total. The van der Waals surface area contributed by atoms with E-state index in [1.807, 2.05) is 22.4 Å². The third-order valence-corrected chi connectivity index (χ3v) is 9.97. The minimum Gasteiger partial charge on any atom is -0.354 e. The molecule has 1 aromatic carbocycles. The van der Waals surface area contributed by atoms with Gasteiger partial charge < -0.3 is 9.42 Å². The van der Waals surface area contributed by atoms with Gasteiger partial charge in [-0.15, -0.1) is 11.8 Å². The fraction of sp³-hybridized carbons (Fsp3) is 0.560. The molecule has 180 valence electrons. The summed E-state index contributed by atoms with van der Waals surface area (Å²) in [5, 5.41) is 6.42. The van der Waals surface area contributed by atoms with Gasteiger partial charge in [0.15, 0.2) is 11.4 Å². The second kappa shape index (κ2) is 9.24. The van der Waals surface area contributed by atoms with Gasteiger partial charge in [-0.2, -0.15) is 11.8 Å². The van der Waals surface area contributed by atoms with E-state index in [-0.39, 0.29) is 11.0 Å². The summed E-state index contributed by atoms with van der Waals surface area (Å²) >= 11 is 3.82. The normalized spacial score (nSPS) is 23.5. The highest BCUT2D eigenvalue weighted by molar-refractivity contribution is 7.99. The van der Waals surface area contributed by atoms with Crippen molar-refractivity contribution >= 4 is 40.3 Å². The molecule has 2 aromatic heterocycles. The standard InChI is InChI=1S/C25H31N5O2S2/c1-18-3-4-20-19(15-18)22(27-32-20)29-10-7-28(8-11-29)9-12-30-17-26-23-21(24(30)31)25(16-34-23)5-2-13-33-14-6-25/h3-4,15,17H,2,5-14,16H2,1H3. The molecule has 3 aliphatic rings. The van der Waals surface area contributed by atoms with Gasteiger partial charge >= 0.3 is 0 Å². The van der Waals surface area contributed by atoms with Crippen molar-refractivity contribution in [3.8, 4) is 0 Å². The van der Waals surface area contributed by atoms with Gasteiger partial charge in [0.1, 0.15) is 5.03 Å². The molecular weight excluding hydrogens is 466 g/mol. The number of aromatic nitrogens is 3. The number of hydrogen-bond donors (Lipinski definition) is 0. The van der Waals surface area contributed by atoms with Crippen LogP contribution in [-0.4, -0.2) is 69.6 Å². The van der Waals surface area contributed by atoms with E-state index in [1.54, 1.807) is 18.1 Å². The Morgan fingerprint density at radius 3 is 2.88 bits per heavy atom. The van der Waals surface area contributed by atoms with E-state index < -0.39 is 0 Å². The topological polar surface area (TPSA) is 67.4 Å². The molecule has 0 aliphatic carbocycles. The first-order valence-corrected chi connectivity index (χ1v) is 14.4. The highest BCUT2D eigenvalue weighted by Gasteiger charge is 2.43. The molecule has 0 bridgehead atoms. The molecule has 0 radical (unpaired) electrons. The van der Waals surface area contributed by atoms with Gasteiger partial charge in [-0.05, 0) is 49.8 Å². The Kier molecular flexibility index (Phi) is 6.11. The molecule has 9 heteroatoms. The number of nitrogens with zero attached hydrogens (tertiary/aromatic N) is 5. The molecule has 3 aromatic rings. The van der Waals surface area contributed by atoms with Gasteiger partial charge in [0.2, 0.25) is 0 Å². The molecule has 0 amide bonds. The zero-order valence-electron chi connectivity index (χ0n) is 19.7. The number of hydrogen-bond acceptors (Lipinski definition) is 8. The molecule has 5 heterocycles. The highest BCUT2D eigenvalue weighted by atomic mass is 32.2. The number of piperazine rings is 1. The van der Waals surface area contributed by atoms with Crippen molar-refractivity contribution in [2.75, 3.05) is 54.9 Å². The predicted molar refractivity (Wildman–Crippen MR) is 139 cm³/mol. The van der Waals surface area contributed by atoms with Crippen molar-refractivity contribution in [3.05, 3.63) is 46.0 Å². The van der Waals surface area contributed by atoms with E-state index in [1.165, 1.54) is 17.7 Å². The molecule has 2 saturated heterocycles. The Morgan fingerprint density at radius 2 is 2.00 bits per heavy atom. The van der Waals surface area contributed by atoms with Gasteiger partial charge in [-0.1, -0.05) is 16.8 Å². The minimum absolute atomic E-state index is 0.0426. The first-order chi connectivity index (χ1) is 16.6. The fourth-order valence-electron chi connectivity index (χ4n) is 5.58. The maximum absolute atomic E-state index is 13.5. The molecular formula is C25H31N5O2S2. The quantitative estimate of drug-likeness (QED) is 0.505. The first-order valence-electron chi connectivity index (χ1n) is 12.3. The van der Waals surface area contributed by atoms with Crippen molar-refractivity contribution in [1.29, 1.82) is 0 Å². The molecule has 34 heavy (non-hydrogen) atoms. The van der Waals surface area contributed by atoms with Crippen molar-refractivity contribution in [1.82, 2.24) is 19.6 Å². The van der Waals surface area contributed by atoms with Gasteiger partial charge in [0.05, 0.1) is 17.3 Å². The Balaban J connectivity index is 1.12. The van der Waals surface area contributed by atoms with Crippen LogP contribution in [0.15, 0.2) is 38.9 Å². The molecule has 2 fully saturated rings. The maximum atomic E-state index is 13.5. The lowest BCUT2D eigenvalue weighted by Gasteiger charge is -2.34. The van der Waals surface area contributed by atoms with Gasteiger partial charge in [0, 0.05) is 50.4 Å². The van der Waals surface area contributed by atoms with Gasteiger partial charge in [-0.3, -0.25) is 14.3 Å². The average molecular weight is 498 g/mol. The van der Waals surface area contributed by atoms with Crippen LogP contribution < -0.4 is 10.5 Å². The second-order valence-corrected chi connectivity index (χ2v) is 12.0. The number of anilines is 1. The monoisotopic (exact) mass is 497 g/mol. The minimum atomic E-state index is 0.0426. The first kappa shape index (κ1) is 22.5. The zero-order chi connectivity index (χ0) is 23.1. The summed E-state index contributed by atoms with van der Waals surface area (Å²) in [5.74, 6) is 4.33. The van der Waals surface area contributed by atoms with Crippen LogP contribution in [0.4, 0.5) is 5.82 Å². The Morgan fingerprint density at radius 1 is 1.12 bits per heavy atom. The van der Waals surface area contributed by atoms with Crippen LogP contribution in [0.25, 0.3) is 11.0 Å². The Hall–Kier alpha value is -1.97. The molecule has 6 rings (SSSR count). The van der Waals surface area contributed by atoms with Crippen molar-refractivity contribution < 1.29 is 4.52 Å². The molecule has 0 N–H and O–H groups in total. The second-order valence-electron chi connectivity index (χ2n) is 9.79. The summed E-state index contributed by atoms with van der Waals surface area (Å²) in [6, 6.07) is 6.20. The lowest BCUT2D eigenvalue weighted by molar-refractivity contribution is 0.245. The molecule has 3 aliphatic heterocycles. The van der Waals surface area contributed by atoms with Crippen LogP contribution in [0.5, 0.6) is 0 Å². The van der Waals surface area contributed by atoms with Crippen molar-refractivity contribution in [3.63, 3.8) is 0 Å². The third-order valence-electron chi connectivity index (χ3n) is 7.62. The van der Waals surface area contributed by atoms with Crippen LogP contribution in [0, 0.1) is 6.92 Å². The SMILES string of the molecule is Cc1ccc2onc(N3CCN(CCn4cnc5c(c4=O)C4(CCCSCC4)CS5)CC3)c2c1. The molecule has 0 saturated carbocycles. The lowest BCUT2D eigenvalue weighted by atomic mass is 9.77. The summed E-state index contributed by atoms with van der Waals surface area (Å²) < 4.78 is 7.41. The van der Waals surface area contributed by atoms with Crippen LogP contribution >= 0.6 is 23.5 Å². The summed E-state index contributed by atoms with van der Waals surface area (Å²) in [7, 11) is 0. The Bertz CT molecular complexity index is 1240. The van der Waals surface area contributed by atoms with Crippen molar-refractivity contribution in [2.24, 2.45) is 0 Å². The number of aryl methyl sites for hydroxylation is 1. The summed E-state index contributed by atoms with van der Waals surface area (Å²) in [5.41, 5.74) is 3.31. The summed E-state index contributed by atoms with van der Waals surface area (Å²) in [6.07, 6.45) is 5.21. The summed E-state index contributed by atoms with van der Waals surface area (Å²) in [4.78, 5) is 23.0. The van der Waals surface area contributed by atoms with E-state index in [4.69, 9.17) is 9.51 Å². The van der Waals surface area contributed by atoms with Crippen LogP contribution in [-0.2, 0) is 12.0 Å². The van der Waals surface area contributed by atoms with E-state index in [2.05, 4.69) is 34.0 Å². The van der Waals surface area contributed by atoms with E-state index >= 15 is 0 Å². The molecule has 1 unspecified atom stereocenters. The van der Waals surface area contributed by atoms with Gasteiger partial charge in [0.25, 0.3) is 5.56 Å². The number of benzene rings is 1. The van der Waals surface area contributed by atoms with Gasteiger partial charge in [-0.25, -0.2) is 4.98 Å². The van der Waals surface area contributed by atoms with E-state index in [9.17, 15) is 4.79 Å². The van der Waals surface area contributed by atoms with Crippen LogP contribution in [0.2, 0.25) is 0 Å². The Labute approximate surface area is 208 Å². The summed E-state index contributed by atoms with van der Waals surface area (Å²) in [6.45, 7) is 7.37. The van der Waals surface area contributed by atoms with Crippen LogP contribution in [0.3, 0.4) is 0 Å². The highest BCUT2D eigenvalue weighted by Crippen LogP contribution is 2.47. The van der Waals surface area contributed by atoms with Crippen LogP contribution in [0.1, 0.15) is 30.4 Å². The lowest BCUT2D eigenvalue weighted by Crippen LogP contribution is -2.48. The molecule has 1 atom stereocenters. The van der Waals surface area contributed by atoms with Crippen molar-refractivity contribution in [2.45, 2.75) is 43.2 Å². The predicted octanol–water partition coefficient (Wildman–Crippen LogP) is 3.78. The molecule has 1 spiro atoms. The van der Waals surface area contributed by atoms with E-state index in [0.29, 0.717) is 6.54 Å². The fourth-order valence-corrected chi connectivity index (χ4v) is 8.08. The number of rotatable bonds is 4. The number of fused-ring (bicyclic) bond motifs is 3. The zero-order valence-corrected chi connectivity index (χ0v) is 21.3. The van der Waals surface area contributed by atoms with E-state index in [0.717, 1.165) is 84.4 Å². The number of thioether (sulfide) groups is 2. The maximum Gasteiger partial charge on any atom is 0.258 e. The average Bonchev–Trinajstić information content (AvgIpc) is 3.34. The smallest absolute Gasteiger partial charge is 0.258 e. The third kappa shape index (κ3) is 4.05.